The van der Waals surface area contributed by atoms with Crippen molar-refractivity contribution in [3.8, 4) is 0 Å². The van der Waals surface area contributed by atoms with Crippen LogP contribution in [0, 0.1) is 5.92 Å². The summed E-state index contributed by atoms with van der Waals surface area (Å²) in [6.45, 7) is -5.24. The Balaban J connectivity index is 1.31. The number of fused-ring (bicyclic) bond motifs is 1. The zero-order valence-electron chi connectivity index (χ0n) is 39.9. The highest BCUT2D eigenvalue weighted by molar-refractivity contribution is 5.85. The number of carbonyl (C=O) groups excluding carboxylic acids is 5. The molecule has 3 unspecified atom stereocenters. The standard InChI is InChI=1S/C42H64N10O19/c1-3-4-23-69-30(57)11-14-46-36(61)47(41(66)50(40(46)65)25-32(59)71-26-28-8-6-5-7-9-28)15-12-31(58)70-24-19-49-38(63)45(37(62)48(18-22-55)39(49)64)13-10-29(56)52-34-33(51(27-68-2)42(52)67)43(16-20-53)35(60)44(34)17-21-54/h28-29,33-34,53-56H,3-27H2,1-2H3. The number of ether oxygens (including phenoxy) is 4. The van der Waals surface area contributed by atoms with E-state index in [9.17, 15) is 73.2 Å². The minimum absolute atomic E-state index is 0.0702. The number of unbranched alkanes of at least 4 members (excludes halogenated alkanes) is 1. The topological polar surface area (TPSA) is 348 Å². The first kappa shape index (κ1) is 55.5. The van der Waals surface area contributed by atoms with Crippen LogP contribution in [0.15, 0.2) is 28.8 Å². The van der Waals surface area contributed by atoms with Crippen molar-refractivity contribution in [3.05, 3.63) is 62.9 Å². The van der Waals surface area contributed by atoms with Crippen molar-refractivity contribution in [2.24, 2.45) is 5.92 Å². The van der Waals surface area contributed by atoms with Crippen molar-refractivity contribution in [2.75, 3.05) is 66.6 Å². The van der Waals surface area contributed by atoms with Crippen LogP contribution in [0.5, 0.6) is 0 Å². The third-order valence-corrected chi connectivity index (χ3v) is 12.4. The molecule has 29 nitrogen and oxygen atoms in total. The minimum atomic E-state index is -1.80. The lowest BCUT2D eigenvalue weighted by molar-refractivity contribution is -0.147. The summed E-state index contributed by atoms with van der Waals surface area (Å²) < 4.78 is 24.0. The Morgan fingerprint density at radius 1 is 0.563 bits per heavy atom. The Morgan fingerprint density at radius 2 is 1.06 bits per heavy atom. The average molecular weight is 1010 g/mol. The maximum Gasteiger partial charge on any atom is 0.336 e. The number of carbonyl (C=O) groups is 5. The van der Waals surface area contributed by atoms with Crippen LogP contribution >= 0.6 is 0 Å². The average Bonchev–Trinajstić information content (AvgIpc) is 3.77. The number of amides is 4. The van der Waals surface area contributed by atoms with Gasteiger partial charge in [-0.2, -0.15) is 0 Å². The van der Waals surface area contributed by atoms with E-state index < -0.39 is 168 Å². The van der Waals surface area contributed by atoms with Gasteiger partial charge in [-0.15, -0.1) is 0 Å². The van der Waals surface area contributed by atoms with Crippen molar-refractivity contribution in [1.29, 1.82) is 0 Å². The molecule has 3 fully saturated rings. The molecule has 3 aliphatic rings. The van der Waals surface area contributed by atoms with E-state index >= 15 is 0 Å². The van der Waals surface area contributed by atoms with Gasteiger partial charge in [0.1, 0.15) is 26.1 Å². The Morgan fingerprint density at radius 3 is 1.59 bits per heavy atom. The number of aliphatic hydroxyl groups excluding tert-OH is 4. The number of urea groups is 2. The van der Waals surface area contributed by atoms with Crippen LogP contribution < -0.4 is 34.1 Å². The second-order valence-corrected chi connectivity index (χ2v) is 17.0. The van der Waals surface area contributed by atoms with Gasteiger partial charge in [-0.05, 0) is 25.2 Å². The lowest BCUT2D eigenvalue weighted by Crippen LogP contribution is -2.56. The highest BCUT2D eigenvalue weighted by Crippen LogP contribution is 2.36. The molecule has 1 aliphatic carbocycles. The number of β-amino-alcohol motifs (C(OH)–C–C–N with tert-alkyl or cyclic N) is 2. The molecule has 396 valence electrons. The number of aliphatic hydroxyl groups is 4. The van der Waals surface area contributed by atoms with Gasteiger partial charge < -0.3 is 39.4 Å². The highest BCUT2D eigenvalue weighted by atomic mass is 16.5. The Hall–Kier alpha value is -6.43. The van der Waals surface area contributed by atoms with Gasteiger partial charge >= 0.3 is 64.1 Å². The van der Waals surface area contributed by atoms with E-state index in [1.54, 1.807) is 0 Å². The molecule has 71 heavy (non-hydrogen) atoms. The molecule has 0 aromatic carbocycles. The van der Waals surface area contributed by atoms with Gasteiger partial charge in [-0.3, -0.25) is 34.0 Å². The molecule has 3 atom stereocenters. The summed E-state index contributed by atoms with van der Waals surface area (Å²) in [5.74, 6) is -2.61. The maximum atomic E-state index is 13.7. The van der Waals surface area contributed by atoms with Gasteiger partial charge in [0.05, 0.1) is 59.0 Å². The van der Waals surface area contributed by atoms with Crippen molar-refractivity contribution >= 4 is 30.0 Å². The van der Waals surface area contributed by atoms with E-state index in [1.165, 1.54) is 12.0 Å². The molecular weight excluding hydrogens is 949 g/mol. The molecule has 4 amide bonds. The summed E-state index contributed by atoms with van der Waals surface area (Å²) >= 11 is 0. The highest BCUT2D eigenvalue weighted by Gasteiger charge is 2.60. The van der Waals surface area contributed by atoms with Crippen molar-refractivity contribution in [1.82, 2.24) is 47.0 Å². The summed E-state index contributed by atoms with van der Waals surface area (Å²) in [7, 11) is 1.28. The Bertz CT molecular complexity index is 2570. The van der Waals surface area contributed by atoms with Crippen molar-refractivity contribution < 1.29 is 63.3 Å². The first-order valence-corrected chi connectivity index (χ1v) is 23.6. The van der Waals surface area contributed by atoms with Gasteiger partial charge in [0.2, 0.25) is 0 Å². The molecule has 4 N–H and O–H groups in total. The Labute approximate surface area is 404 Å². The van der Waals surface area contributed by atoms with E-state index in [1.807, 2.05) is 6.92 Å². The van der Waals surface area contributed by atoms with E-state index in [4.69, 9.17) is 18.9 Å². The summed E-state index contributed by atoms with van der Waals surface area (Å²) in [6, 6.07) is -1.49. The third kappa shape index (κ3) is 12.9. The van der Waals surface area contributed by atoms with E-state index in [0.29, 0.717) is 33.8 Å². The molecule has 5 rings (SSSR count). The molecule has 0 radical (unpaired) electrons. The summed E-state index contributed by atoms with van der Waals surface area (Å²) in [6.07, 6.45) is 0.200. The number of esters is 3. The van der Waals surface area contributed by atoms with E-state index in [-0.39, 0.29) is 39.0 Å². The molecule has 0 bridgehead atoms. The fourth-order valence-corrected chi connectivity index (χ4v) is 8.77. The first-order valence-electron chi connectivity index (χ1n) is 23.6. The molecule has 29 heteroatoms. The quantitative estimate of drug-likeness (QED) is 0.0355. The molecular formula is C42H64N10O19. The van der Waals surface area contributed by atoms with Crippen LogP contribution in [-0.4, -0.2) is 183 Å². The van der Waals surface area contributed by atoms with Gasteiger partial charge in [0.25, 0.3) is 0 Å². The van der Waals surface area contributed by atoms with Crippen LogP contribution in [0.1, 0.15) is 71.1 Å². The molecule has 0 spiro atoms. The molecule has 2 aliphatic heterocycles. The second kappa shape index (κ2) is 26.1. The first-order chi connectivity index (χ1) is 34.1. The molecule has 1 saturated carbocycles. The van der Waals surface area contributed by atoms with Crippen LogP contribution in [0.2, 0.25) is 0 Å². The van der Waals surface area contributed by atoms with E-state index in [2.05, 4.69) is 0 Å². The minimum Gasteiger partial charge on any atom is -0.466 e. The summed E-state index contributed by atoms with van der Waals surface area (Å²) in [5.41, 5.74) is -7.29. The molecule has 2 aromatic rings. The van der Waals surface area contributed by atoms with Gasteiger partial charge in [0, 0.05) is 46.3 Å². The number of rotatable bonds is 28. The zero-order chi connectivity index (χ0) is 51.9. The van der Waals surface area contributed by atoms with Crippen molar-refractivity contribution in [3.63, 3.8) is 0 Å². The lowest BCUT2D eigenvalue weighted by Gasteiger charge is -2.32. The van der Waals surface area contributed by atoms with Gasteiger partial charge in [-0.1, -0.05) is 32.6 Å². The fraction of sp³-hybridized carbons (Fsp3) is 0.738. The van der Waals surface area contributed by atoms with Crippen LogP contribution in [0.3, 0.4) is 0 Å². The number of hydrogen-bond acceptors (Lipinski definition) is 19. The smallest absolute Gasteiger partial charge is 0.336 e. The molecule has 2 saturated heterocycles. The van der Waals surface area contributed by atoms with Gasteiger partial charge in [-0.25, -0.2) is 65.8 Å². The monoisotopic (exact) mass is 1010 g/mol. The number of aromatic nitrogens is 6. The number of methoxy groups -OCH3 is 1. The predicted octanol–water partition coefficient (Wildman–Crippen LogP) is -4.44. The lowest BCUT2D eigenvalue weighted by atomic mass is 9.90. The van der Waals surface area contributed by atoms with Gasteiger partial charge in [0.15, 0.2) is 12.3 Å². The fourth-order valence-electron chi connectivity index (χ4n) is 8.77. The predicted molar refractivity (Wildman–Crippen MR) is 241 cm³/mol. The summed E-state index contributed by atoms with van der Waals surface area (Å²) in [5, 5.41) is 40.5. The molecule has 4 heterocycles. The Kier molecular flexibility index (Phi) is 20.4. The third-order valence-electron chi connectivity index (χ3n) is 12.4. The van der Waals surface area contributed by atoms with Crippen LogP contribution in [-0.2, 0) is 72.6 Å². The normalized spacial score (nSPS) is 17.5. The van der Waals surface area contributed by atoms with E-state index in [0.717, 1.165) is 53.2 Å². The summed E-state index contributed by atoms with van der Waals surface area (Å²) in [4.78, 5) is 151. The second-order valence-electron chi connectivity index (χ2n) is 17.0. The zero-order valence-corrected chi connectivity index (χ0v) is 39.9. The number of nitrogens with zero attached hydrogens (tertiary/aromatic N) is 10. The number of hydrogen-bond donors (Lipinski definition) is 4. The van der Waals surface area contributed by atoms with Crippen LogP contribution in [0.25, 0.3) is 0 Å². The van der Waals surface area contributed by atoms with Crippen molar-refractivity contribution in [2.45, 2.75) is 129 Å². The molecule has 2 aromatic heterocycles. The van der Waals surface area contributed by atoms with Crippen LogP contribution in [0.4, 0.5) is 9.59 Å². The maximum absolute atomic E-state index is 13.7. The largest absolute Gasteiger partial charge is 0.466 e. The SMILES string of the molecule is CCCCOC(=O)CCn1c(=O)n(CCC(=O)OCCn2c(=O)n(CCO)c(=O)n(CCC(O)N3C(=O)N(COC)C4C3N(CCO)C(=O)N4CCO)c2=O)c(=O)n(CC(=O)OCC2CCCCC2)c1=O.